The van der Waals surface area contributed by atoms with Crippen LogP contribution < -0.4 is 11.5 Å². The largest absolute Gasteiger partial charge is 0.393 e. The summed E-state index contributed by atoms with van der Waals surface area (Å²) in [5, 5.41) is 0. The third-order valence-corrected chi connectivity index (χ3v) is 4.62. The van der Waals surface area contributed by atoms with E-state index in [2.05, 4.69) is 13.8 Å². The molecule has 0 aromatic rings. The van der Waals surface area contributed by atoms with Gasteiger partial charge in [0.1, 0.15) is 0 Å². The third kappa shape index (κ3) is 1.91. The van der Waals surface area contributed by atoms with Gasteiger partial charge in [-0.3, -0.25) is 0 Å². The van der Waals surface area contributed by atoms with E-state index in [1.54, 1.807) is 0 Å². The Hall–Kier alpha value is -0.220. The highest BCUT2D eigenvalue weighted by Crippen LogP contribution is 2.45. The molecule has 0 aromatic heterocycles. The van der Waals surface area contributed by atoms with Crippen LogP contribution in [0.25, 0.3) is 0 Å². The normalized spacial score (nSPS) is 19.4. The molecular weight excluding hydrogens is 212 g/mol. The second kappa shape index (κ2) is 4.53. The molecule has 0 radical (unpaired) electrons. The smallest absolute Gasteiger partial charge is 0.0796 e. The van der Waals surface area contributed by atoms with Crippen molar-refractivity contribution in [2.45, 2.75) is 40.5 Å². The molecule has 0 spiro atoms. The maximum atomic E-state index is 5.80. The van der Waals surface area contributed by atoms with Gasteiger partial charge in [-0.15, -0.1) is 0 Å². The molecule has 0 aliphatic heterocycles. The van der Waals surface area contributed by atoms with Crippen molar-refractivity contribution in [1.29, 1.82) is 0 Å². The quantitative estimate of drug-likeness (QED) is 0.715. The predicted octanol–water partition coefficient (Wildman–Crippen LogP) is 2.39. The molecule has 0 bridgehead atoms. The summed E-state index contributed by atoms with van der Waals surface area (Å²) in [7, 11) is 0. The van der Waals surface area contributed by atoms with E-state index >= 15 is 0 Å². The summed E-state index contributed by atoms with van der Waals surface area (Å²) < 4.78 is 0. The molecule has 0 aliphatic rings. The van der Waals surface area contributed by atoms with Gasteiger partial charge in [0, 0.05) is 10.8 Å². The van der Waals surface area contributed by atoms with E-state index in [-0.39, 0.29) is 10.8 Å². The van der Waals surface area contributed by atoms with E-state index < -0.39 is 0 Å². The van der Waals surface area contributed by atoms with Crippen LogP contribution in [0.1, 0.15) is 40.5 Å². The van der Waals surface area contributed by atoms with Gasteiger partial charge in [-0.25, -0.2) is 0 Å². The Morgan fingerprint density at radius 2 is 1.14 bits per heavy atom. The van der Waals surface area contributed by atoms with Crippen molar-refractivity contribution < 1.29 is 0 Å². The molecular formula is C10H20N2S2. The fraction of sp³-hybridized carbons (Fsp3) is 0.800. The Bertz CT molecular complexity index is 227. The van der Waals surface area contributed by atoms with Crippen molar-refractivity contribution in [1.82, 2.24) is 0 Å². The maximum Gasteiger partial charge on any atom is 0.0796 e. The lowest BCUT2D eigenvalue weighted by Crippen LogP contribution is -2.52. The van der Waals surface area contributed by atoms with Crippen LogP contribution >= 0.6 is 24.4 Å². The lowest BCUT2D eigenvalue weighted by atomic mass is 9.62. The zero-order valence-corrected chi connectivity index (χ0v) is 11.0. The Morgan fingerprint density at radius 3 is 1.21 bits per heavy atom. The van der Waals surface area contributed by atoms with Crippen LogP contribution in [0, 0.1) is 10.8 Å². The van der Waals surface area contributed by atoms with Crippen molar-refractivity contribution in [3.63, 3.8) is 0 Å². The molecule has 0 aliphatic carbocycles. The average molecular weight is 232 g/mol. The third-order valence-electron chi connectivity index (χ3n) is 3.72. The molecule has 4 heteroatoms. The van der Waals surface area contributed by atoms with Gasteiger partial charge in [0.15, 0.2) is 0 Å². The zero-order chi connectivity index (χ0) is 11.6. The average Bonchev–Trinajstić information content (AvgIpc) is 2.14. The molecule has 0 aromatic carbocycles. The van der Waals surface area contributed by atoms with Crippen LogP contribution in [0.3, 0.4) is 0 Å². The first-order valence-corrected chi connectivity index (χ1v) is 5.67. The molecule has 0 rings (SSSR count). The summed E-state index contributed by atoms with van der Waals surface area (Å²) >= 11 is 10.3. The van der Waals surface area contributed by atoms with Gasteiger partial charge in [0.25, 0.3) is 0 Å². The number of rotatable bonds is 5. The first-order valence-electron chi connectivity index (χ1n) is 4.86. The molecule has 82 valence electrons. The van der Waals surface area contributed by atoms with Crippen molar-refractivity contribution in [2.75, 3.05) is 0 Å². The van der Waals surface area contributed by atoms with E-state index in [9.17, 15) is 0 Å². The molecule has 2 atom stereocenters. The summed E-state index contributed by atoms with van der Waals surface area (Å²) in [6.45, 7) is 8.20. The first kappa shape index (κ1) is 13.8. The van der Waals surface area contributed by atoms with Gasteiger partial charge in [0.05, 0.1) is 9.98 Å². The summed E-state index contributed by atoms with van der Waals surface area (Å²) in [4.78, 5) is 0.995. The van der Waals surface area contributed by atoms with Gasteiger partial charge in [0.2, 0.25) is 0 Å². The minimum absolute atomic E-state index is 0.289. The second-order valence-electron chi connectivity index (χ2n) is 4.10. The highest BCUT2D eigenvalue weighted by molar-refractivity contribution is 7.80. The summed E-state index contributed by atoms with van der Waals surface area (Å²) in [5.41, 5.74) is 11.0. The van der Waals surface area contributed by atoms with Crippen LogP contribution in [-0.4, -0.2) is 9.98 Å². The Balaban J connectivity index is 5.37. The van der Waals surface area contributed by atoms with Crippen LogP contribution in [0.2, 0.25) is 0 Å². The van der Waals surface area contributed by atoms with Gasteiger partial charge < -0.3 is 11.5 Å². The second-order valence-corrected chi connectivity index (χ2v) is 4.98. The minimum atomic E-state index is -0.289. The lowest BCUT2D eigenvalue weighted by Gasteiger charge is -2.44. The predicted molar refractivity (Wildman–Crippen MR) is 70.4 cm³/mol. The first-order chi connectivity index (χ1) is 6.26. The van der Waals surface area contributed by atoms with E-state index in [1.165, 1.54) is 0 Å². The van der Waals surface area contributed by atoms with Gasteiger partial charge >= 0.3 is 0 Å². The van der Waals surface area contributed by atoms with E-state index in [4.69, 9.17) is 35.9 Å². The number of hydrogen-bond acceptors (Lipinski definition) is 2. The molecule has 0 heterocycles. The molecule has 2 unspecified atom stereocenters. The Labute approximate surface area is 97.4 Å². The lowest BCUT2D eigenvalue weighted by molar-refractivity contribution is 0.219. The SMILES string of the molecule is CCC(C)(C(N)=S)C(C)(CC)C(N)=S. The maximum absolute atomic E-state index is 5.80. The van der Waals surface area contributed by atoms with Crippen molar-refractivity contribution in [3.8, 4) is 0 Å². The van der Waals surface area contributed by atoms with Crippen molar-refractivity contribution in [3.05, 3.63) is 0 Å². The van der Waals surface area contributed by atoms with Crippen LogP contribution in [-0.2, 0) is 0 Å². The topological polar surface area (TPSA) is 52.0 Å². The molecule has 2 nitrogen and oxygen atoms in total. The fourth-order valence-electron chi connectivity index (χ4n) is 1.67. The zero-order valence-electron chi connectivity index (χ0n) is 9.39. The van der Waals surface area contributed by atoms with Gasteiger partial charge in [-0.05, 0) is 12.8 Å². The fourth-order valence-corrected chi connectivity index (χ4v) is 2.41. The highest BCUT2D eigenvalue weighted by atomic mass is 32.1. The van der Waals surface area contributed by atoms with Crippen molar-refractivity contribution >= 4 is 34.4 Å². The van der Waals surface area contributed by atoms with Gasteiger partial charge in [-0.2, -0.15) is 0 Å². The number of hydrogen-bond donors (Lipinski definition) is 2. The molecule has 0 saturated heterocycles. The summed E-state index contributed by atoms with van der Waals surface area (Å²) in [6.07, 6.45) is 1.70. The molecule has 4 N–H and O–H groups in total. The van der Waals surface area contributed by atoms with Crippen LogP contribution in [0.5, 0.6) is 0 Å². The molecule has 0 fully saturated rings. The number of thiocarbonyl (C=S) groups is 2. The van der Waals surface area contributed by atoms with E-state index in [0.29, 0.717) is 9.98 Å². The Kier molecular flexibility index (Phi) is 4.46. The number of nitrogens with two attached hydrogens (primary N) is 2. The van der Waals surface area contributed by atoms with Crippen molar-refractivity contribution in [2.24, 2.45) is 22.3 Å². The molecule has 14 heavy (non-hydrogen) atoms. The van der Waals surface area contributed by atoms with E-state index in [1.807, 2.05) is 13.8 Å². The Morgan fingerprint density at radius 1 is 0.929 bits per heavy atom. The van der Waals surface area contributed by atoms with E-state index in [0.717, 1.165) is 12.8 Å². The molecule has 0 amide bonds. The summed E-state index contributed by atoms with van der Waals surface area (Å²) in [6, 6.07) is 0. The summed E-state index contributed by atoms with van der Waals surface area (Å²) in [5.74, 6) is 0. The van der Waals surface area contributed by atoms with Crippen LogP contribution in [0.15, 0.2) is 0 Å². The van der Waals surface area contributed by atoms with Gasteiger partial charge in [-0.1, -0.05) is 52.1 Å². The van der Waals surface area contributed by atoms with Crippen LogP contribution in [0.4, 0.5) is 0 Å². The highest BCUT2D eigenvalue weighted by Gasteiger charge is 2.46. The minimum Gasteiger partial charge on any atom is -0.393 e. The monoisotopic (exact) mass is 232 g/mol. The standard InChI is InChI=1S/C10H20N2S2/c1-5-9(3,7(11)13)10(4,6-2)8(12)14/h5-6H2,1-4H3,(H2,11,13)(H2,12,14). The molecule has 0 saturated carbocycles.